The minimum Gasteiger partial charge on any atom is -0.298 e. The maximum atomic E-state index is 11.0. The van der Waals surface area contributed by atoms with E-state index in [0.29, 0.717) is 22.1 Å². The fraction of sp³-hybridized carbons (Fsp3) is 0.182. The van der Waals surface area contributed by atoms with Crippen molar-refractivity contribution in [1.82, 2.24) is 14.8 Å². The zero-order valence-corrected chi connectivity index (χ0v) is 9.69. The molecule has 2 aromatic rings. The van der Waals surface area contributed by atoms with E-state index < -0.39 is 0 Å². The number of rotatable bonds is 2. The summed E-state index contributed by atoms with van der Waals surface area (Å²) in [5, 5.41) is 4.63. The highest BCUT2D eigenvalue weighted by Gasteiger charge is 2.11. The maximum absolute atomic E-state index is 11.0. The predicted molar refractivity (Wildman–Crippen MR) is 61.2 cm³/mol. The van der Waals surface area contributed by atoms with E-state index in [4.69, 9.17) is 11.6 Å². The number of halogens is 1. The van der Waals surface area contributed by atoms with Crippen LogP contribution in [0.2, 0.25) is 5.02 Å². The second-order valence-corrected chi connectivity index (χ2v) is 3.82. The Morgan fingerprint density at radius 3 is 2.69 bits per heavy atom. The smallest absolute Gasteiger partial charge is 0.153 e. The Hall–Kier alpha value is -1.68. The largest absolute Gasteiger partial charge is 0.298 e. The second kappa shape index (κ2) is 4.06. The van der Waals surface area contributed by atoms with E-state index in [1.165, 1.54) is 0 Å². The zero-order chi connectivity index (χ0) is 11.7. The molecular weight excluding hydrogens is 226 g/mol. The SMILES string of the molecule is Cc1nc(C)n(-c2cccc(Cl)c2C=O)n1. The number of carbonyl (C=O) groups is 1. The van der Waals surface area contributed by atoms with Crippen molar-refractivity contribution in [2.45, 2.75) is 13.8 Å². The van der Waals surface area contributed by atoms with E-state index in [1.807, 2.05) is 6.92 Å². The molecule has 0 N–H and O–H groups in total. The van der Waals surface area contributed by atoms with Gasteiger partial charge in [-0.2, -0.15) is 5.10 Å². The van der Waals surface area contributed by atoms with E-state index in [9.17, 15) is 4.79 Å². The van der Waals surface area contributed by atoms with Gasteiger partial charge in [-0.05, 0) is 26.0 Å². The molecule has 0 amide bonds. The lowest BCUT2D eigenvalue weighted by molar-refractivity contribution is 0.112. The number of aromatic nitrogens is 3. The fourth-order valence-electron chi connectivity index (χ4n) is 1.58. The Kier molecular flexibility index (Phi) is 2.75. The lowest BCUT2D eigenvalue weighted by atomic mass is 10.2. The molecule has 0 unspecified atom stereocenters. The van der Waals surface area contributed by atoms with Crippen molar-refractivity contribution >= 4 is 17.9 Å². The molecule has 0 radical (unpaired) electrons. The monoisotopic (exact) mass is 235 g/mol. The standard InChI is InChI=1S/C11H10ClN3O/c1-7-13-8(2)15(14-7)11-5-3-4-10(12)9(11)6-16/h3-6H,1-2H3. The molecule has 0 fully saturated rings. The summed E-state index contributed by atoms with van der Waals surface area (Å²) in [7, 11) is 0. The number of benzene rings is 1. The number of aryl methyl sites for hydroxylation is 2. The van der Waals surface area contributed by atoms with Gasteiger partial charge in [-0.1, -0.05) is 17.7 Å². The lowest BCUT2D eigenvalue weighted by Crippen LogP contribution is -2.03. The highest BCUT2D eigenvalue weighted by Crippen LogP contribution is 2.21. The van der Waals surface area contributed by atoms with E-state index in [2.05, 4.69) is 10.1 Å². The van der Waals surface area contributed by atoms with Gasteiger partial charge in [0.05, 0.1) is 16.3 Å². The van der Waals surface area contributed by atoms with Gasteiger partial charge in [-0.25, -0.2) is 9.67 Å². The first-order chi connectivity index (χ1) is 7.63. The number of hydrogen-bond donors (Lipinski definition) is 0. The Morgan fingerprint density at radius 1 is 1.38 bits per heavy atom. The van der Waals surface area contributed by atoms with Crippen LogP contribution in [0.5, 0.6) is 0 Å². The van der Waals surface area contributed by atoms with Gasteiger partial charge in [-0.3, -0.25) is 4.79 Å². The van der Waals surface area contributed by atoms with Crippen LogP contribution in [0, 0.1) is 13.8 Å². The first kappa shape index (κ1) is 10.8. The summed E-state index contributed by atoms with van der Waals surface area (Å²) in [6.07, 6.45) is 0.730. The van der Waals surface area contributed by atoms with E-state index in [-0.39, 0.29) is 0 Å². The zero-order valence-electron chi connectivity index (χ0n) is 8.94. The van der Waals surface area contributed by atoms with Crippen LogP contribution in [-0.4, -0.2) is 21.1 Å². The number of carbonyl (C=O) groups excluding carboxylic acids is 1. The van der Waals surface area contributed by atoms with Gasteiger partial charge in [0.25, 0.3) is 0 Å². The van der Waals surface area contributed by atoms with Crippen molar-refractivity contribution in [3.05, 3.63) is 40.4 Å². The second-order valence-electron chi connectivity index (χ2n) is 3.41. The summed E-state index contributed by atoms with van der Waals surface area (Å²) in [4.78, 5) is 15.2. The normalized spacial score (nSPS) is 10.4. The molecule has 4 nitrogen and oxygen atoms in total. The summed E-state index contributed by atoms with van der Waals surface area (Å²) in [5.74, 6) is 1.39. The maximum Gasteiger partial charge on any atom is 0.153 e. The minimum atomic E-state index is 0.417. The quantitative estimate of drug-likeness (QED) is 0.751. The molecular formula is C11H10ClN3O. The van der Waals surface area contributed by atoms with Gasteiger partial charge in [0.2, 0.25) is 0 Å². The molecule has 0 bridgehead atoms. The van der Waals surface area contributed by atoms with Crippen molar-refractivity contribution < 1.29 is 4.79 Å². The Balaban J connectivity index is 2.68. The molecule has 0 saturated carbocycles. The molecule has 1 aromatic heterocycles. The Labute approximate surface area is 97.9 Å². The van der Waals surface area contributed by atoms with Crippen molar-refractivity contribution in [2.24, 2.45) is 0 Å². The molecule has 0 spiro atoms. The molecule has 1 aromatic carbocycles. The molecule has 0 aliphatic rings. The van der Waals surface area contributed by atoms with Gasteiger partial charge in [0.1, 0.15) is 11.6 Å². The highest BCUT2D eigenvalue weighted by atomic mass is 35.5. The molecule has 0 atom stereocenters. The summed E-state index contributed by atoms with van der Waals surface area (Å²) >= 11 is 5.95. The number of hydrogen-bond acceptors (Lipinski definition) is 3. The molecule has 82 valence electrons. The van der Waals surface area contributed by atoms with E-state index in [0.717, 1.165) is 12.1 Å². The van der Waals surface area contributed by atoms with Crippen molar-refractivity contribution in [2.75, 3.05) is 0 Å². The van der Waals surface area contributed by atoms with Crippen LogP contribution in [-0.2, 0) is 0 Å². The third-order valence-electron chi connectivity index (χ3n) is 2.25. The van der Waals surface area contributed by atoms with Crippen LogP contribution in [0.1, 0.15) is 22.0 Å². The number of nitrogens with zero attached hydrogens (tertiary/aromatic N) is 3. The van der Waals surface area contributed by atoms with Gasteiger partial charge in [0, 0.05) is 0 Å². The highest BCUT2D eigenvalue weighted by molar-refractivity contribution is 6.33. The van der Waals surface area contributed by atoms with Crippen molar-refractivity contribution in [3.63, 3.8) is 0 Å². The van der Waals surface area contributed by atoms with Crippen molar-refractivity contribution in [3.8, 4) is 5.69 Å². The summed E-state index contributed by atoms with van der Waals surface area (Å²) < 4.78 is 1.62. The number of aldehydes is 1. The lowest BCUT2D eigenvalue weighted by Gasteiger charge is -2.06. The Morgan fingerprint density at radius 2 is 2.12 bits per heavy atom. The molecule has 5 heteroatoms. The predicted octanol–water partition coefficient (Wildman–Crippen LogP) is 2.35. The van der Waals surface area contributed by atoms with Gasteiger partial charge in [-0.15, -0.1) is 0 Å². The molecule has 0 saturated heterocycles. The van der Waals surface area contributed by atoms with Crippen LogP contribution < -0.4 is 0 Å². The molecule has 16 heavy (non-hydrogen) atoms. The first-order valence-corrected chi connectivity index (χ1v) is 5.15. The van der Waals surface area contributed by atoms with E-state index >= 15 is 0 Å². The fourth-order valence-corrected chi connectivity index (χ4v) is 1.79. The van der Waals surface area contributed by atoms with Crippen LogP contribution in [0.3, 0.4) is 0 Å². The van der Waals surface area contributed by atoms with Gasteiger partial charge >= 0.3 is 0 Å². The summed E-state index contributed by atoms with van der Waals surface area (Å²) in [6.45, 7) is 3.63. The van der Waals surface area contributed by atoms with Gasteiger partial charge in [0.15, 0.2) is 6.29 Å². The third-order valence-corrected chi connectivity index (χ3v) is 2.58. The average molecular weight is 236 g/mol. The first-order valence-electron chi connectivity index (χ1n) is 4.78. The molecule has 0 aliphatic heterocycles. The van der Waals surface area contributed by atoms with Crippen LogP contribution in [0.25, 0.3) is 5.69 Å². The third kappa shape index (κ3) is 1.72. The Bertz CT molecular complexity index is 548. The van der Waals surface area contributed by atoms with Gasteiger partial charge < -0.3 is 0 Å². The topological polar surface area (TPSA) is 47.8 Å². The van der Waals surface area contributed by atoms with Crippen LogP contribution >= 0.6 is 11.6 Å². The minimum absolute atomic E-state index is 0.417. The van der Waals surface area contributed by atoms with Crippen LogP contribution in [0.15, 0.2) is 18.2 Å². The van der Waals surface area contributed by atoms with Crippen molar-refractivity contribution in [1.29, 1.82) is 0 Å². The summed E-state index contributed by atoms with van der Waals surface area (Å²) in [6, 6.07) is 5.24. The van der Waals surface area contributed by atoms with E-state index in [1.54, 1.807) is 29.8 Å². The summed E-state index contributed by atoms with van der Waals surface area (Å²) in [5.41, 5.74) is 1.08. The molecule has 1 heterocycles. The molecule has 2 rings (SSSR count). The molecule has 0 aliphatic carbocycles. The van der Waals surface area contributed by atoms with Crippen LogP contribution in [0.4, 0.5) is 0 Å². The average Bonchev–Trinajstić information content (AvgIpc) is 2.57.